The number of nitrogens with two attached hydrogens (primary N) is 1. The molecule has 0 spiro atoms. The molecule has 0 aliphatic heterocycles. The van der Waals surface area contributed by atoms with Crippen molar-refractivity contribution in [2.24, 2.45) is 5.73 Å². The summed E-state index contributed by atoms with van der Waals surface area (Å²) >= 11 is 0. The molecular formula is C41H44N2O6. The van der Waals surface area contributed by atoms with Crippen molar-refractivity contribution in [1.29, 1.82) is 0 Å². The van der Waals surface area contributed by atoms with Crippen molar-refractivity contribution in [3.63, 3.8) is 0 Å². The van der Waals surface area contributed by atoms with Crippen LogP contribution in [0.2, 0.25) is 0 Å². The van der Waals surface area contributed by atoms with Crippen LogP contribution in [-0.4, -0.2) is 45.9 Å². The third-order valence-corrected chi connectivity index (χ3v) is 10.6. The fourth-order valence-corrected chi connectivity index (χ4v) is 7.89. The van der Waals surface area contributed by atoms with Gasteiger partial charge in [-0.05, 0) is 94.2 Å². The van der Waals surface area contributed by atoms with Crippen molar-refractivity contribution >= 4 is 18.0 Å². The summed E-state index contributed by atoms with van der Waals surface area (Å²) in [5.41, 5.74) is 15.2. The van der Waals surface area contributed by atoms with E-state index in [-0.39, 0.29) is 18.9 Å². The van der Waals surface area contributed by atoms with E-state index in [9.17, 15) is 19.5 Å². The van der Waals surface area contributed by atoms with E-state index in [1.165, 1.54) is 22.3 Å². The summed E-state index contributed by atoms with van der Waals surface area (Å²) in [4.78, 5) is 36.2. The predicted octanol–water partition coefficient (Wildman–Crippen LogP) is 6.62. The van der Waals surface area contributed by atoms with Gasteiger partial charge in [-0.15, -0.1) is 0 Å². The van der Waals surface area contributed by atoms with Crippen molar-refractivity contribution in [2.75, 3.05) is 6.61 Å². The second-order valence-corrected chi connectivity index (χ2v) is 13.5. The van der Waals surface area contributed by atoms with Gasteiger partial charge >= 0.3 is 18.0 Å². The Hall–Kier alpha value is -4.95. The number of carboxylic acid groups (broad SMARTS) is 2. The van der Waals surface area contributed by atoms with Gasteiger partial charge in [0.05, 0.1) is 0 Å². The Morgan fingerprint density at radius 2 is 1.27 bits per heavy atom. The number of alkyl carbamates (subject to hydrolysis) is 1. The van der Waals surface area contributed by atoms with Crippen LogP contribution in [0.1, 0.15) is 77.1 Å². The van der Waals surface area contributed by atoms with E-state index >= 15 is 0 Å². The molecule has 49 heavy (non-hydrogen) atoms. The third kappa shape index (κ3) is 6.57. The summed E-state index contributed by atoms with van der Waals surface area (Å²) in [6.45, 7) is 4.38. The van der Waals surface area contributed by atoms with Crippen molar-refractivity contribution in [3.05, 3.63) is 129 Å². The number of carboxylic acids is 2. The number of aryl methyl sites for hydroxylation is 2. The minimum absolute atomic E-state index is 0.0666. The van der Waals surface area contributed by atoms with Gasteiger partial charge in [-0.2, -0.15) is 0 Å². The first-order valence-corrected chi connectivity index (χ1v) is 17.2. The molecule has 0 radical (unpaired) electrons. The molecule has 8 nitrogen and oxygen atoms in total. The SMILES string of the molecule is CCc1cccc2c1CCC(N)(C(=O)O)C2.CCc1cccc2c1CCC(NC(=O)OCC1c3ccccc3-c3ccccc31)(C(=O)O)C2. The first-order chi connectivity index (χ1) is 23.6. The molecule has 2 atom stereocenters. The molecule has 0 heterocycles. The van der Waals surface area contributed by atoms with Gasteiger partial charge in [0.1, 0.15) is 17.7 Å². The lowest BCUT2D eigenvalue weighted by Crippen LogP contribution is -2.58. The summed E-state index contributed by atoms with van der Waals surface area (Å²) in [5.74, 6) is -1.98. The summed E-state index contributed by atoms with van der Waals surface area (Å²) in [5, 5.41) is 21.9. The Morgan fingerprint density at radius 1 is 0.735 bits per heavy atom. The molecule has 7 rings (SSSR count). The van der Waals surface area contributed by atoms with Gasteiger partial charge in [0.2, 0.25) is 0 Å². The highest BCUT2D eigenvalue weighted by Crippen LogP contribution is 2.44. The maximum Gasteiger partial charge on any atom is 0.408 e. The van der Waals surface area contributed by atoms with Crippen LogP contribution in [0.25, 0.3) is 11.1 Å². The second-order valence-electron chi connectivity index (χ2n) is 13.5. The standard InChI is InChI=1S/C28H27NO4.C13H17NO2/c1-2-18-8-7-9-19-16-28(26(30)31,15-14-20(18)19)29-27(32)33-17-25-23-12-5-3-10-21(23)22-11-4-6-13-24(22)25;1-2-9-4-3-5-10-8-13(14,12(15)16)7-6-11(9)10/h3-13,25H,2,14-17H2,1H3,(H,29,32)(H,30,31);3-5H,2,6-8,14H2,1H3,(H,15,16). The lowest BCUT2D eigenvalue weighted by atomic mass is 9.76. The molecule has 0 bridgehead atoms. The van der Waals surface area contributed by atoms with Gasteiger partial charge in [-0.1, -0.05) is 98.8 Å². The fraction of sp³-hybridized carbons (Fsp3) is 0.341. The van der Waals surface area contributed by atoms with E-state index in [4.69, 9.17) is 15.6 Å². The van der Waals surface area contributed by atoms with Crippen LogP contribution < -0.4 is 11.1 Å². The van der Waals surface area contributed by atoms with E-state index in [2.05, 4.69) is 55.6 Å². The molecule has 8 heteroatoms. The van der Waals surface area contributed by atoms with E-state index in [0.717, 1.165) is 52.6 Å². The Bertz CT molecular complexity index is 1860. The zero-order valence-corrected chi connectivity index (χ0v) is 28.1. The molecule has 254 valence electrons. The molecule has 3 aliphatic carbocycles. The van der Waals surface area contributed by atoms with E-state index in [1.54, 1.807) is 0 Å². The molecule has 5 N–H and O–H groups in total. The van der Waals surface area contributed by atoms with Crippen molar-refractivity contribution in [3.8, 4) is 11.1 Å². The van der Waals surface area contributed by atoms with Gasteiger partial charge in [0, 0.05) is 18.8 Å². The minimum atomic E-state index is -1.36. The topological polar surface area (TPSA) is 139 Å². The molecule has 0 saturated heterocycles. The predicted molar refractivity (Wildman–Crippen MR) is 189 cm³/mol. The van der Waals surface area contributed by atoms with Crippen molar-refractivity contribution in [1.82, 2.24) is 5.32 Å². The van der Waals surface area contributed by atoms with E-state index in [0.29, 0.717) is 25.7 Å². The minimum Gasteiger partial charge on any atom is -0.480 e. The number of carbonyl (C=O) groups excluding carboxylic acids is 1. The quantitative estimate of drug-likeness (QED) is 0.175. The van der Waals surface area contributed by atoms with Crippen LogP contribution in [0.5, 0.6) is 0 Å². The van der Waals surface area contributed by atoms with E-state index in [1.807, 2.05) is 48.5 Å². The van der Waals surface area contributed by atoms with Gasteiger partial charge in [0.25, 0.3) is 0 Å². The zero-order chi connectivity index (χ0) is 34.8. The van der Waals surface area contributed by atoms with Crippen LogP contribution in [0.15, 0.2) is 84.9 Å². The van der Waals surface area contributed by atoms with Crippen molar-refractivity contribution < 1.29 is 29.3 Å². The van der Waals surface area contributed by atoms with Gasteiger partial charge < -0.3 is 26.0 Å². The van der Waals surface area contributed by atoms with Crippen molar-refractivity contribution in [2.45, 2.75) is 82.2 Å². The molecule has 1 amide bonds. The summed E-state index contributed by atoms with van der Waals surface area (Å²) in [7, 11) is 0. The maximum atomic E-state index is 12.8. The number of hydrogen-bond donors (Lipinski definition) is 4. The number of carbonyl (C=O) groups is 3. The summed E-state index contributed by atoms with van der Waals surface area (Å²) in [6, 6.07) is 28.4. The molecule has 0 saturated carbocycles. The molecular weight excluding hydrogens is 616 g/mol. The number of rotatable bonds is 7. The van der Waals surface area contributed by atoms with Crippen LogP contribution in [-0.2, 0) is 52.9 Å². The lowest BCUT2D eigenvalue weighted by Gasteiger charge is -2.35. The monoisotopic (exact) mass is 660 g/mol. The number of fused-ring (bicyclic) bond motifs is 5. The van der Waals surface area contributed by atoms with Crippen LogP contribution in [0.3, 0.4) is 0 Å². The Morgan fingerprint density at radius 3 is 1.80 bits per heavy atom. The Balaban J connectivity index is 0.000000218. The zero-order valence-electron chi connectivity index (χ0n) is 28.1. The first kappa shape index (κ1) is 33.9. The fourth-order valence-electron chi connectivity index (χ4n) is 7.89. The van der Waals surface area contributed by atoms with Crippen LogP contribution >= 0.6 is 0 Å². The lowest BCUT2D eigenvalue weighted by molar-refractivity contribution is -0.145. The number of amides is 1. The molecule has 4 aromatic carbocycles. The maximum absolute atomic E-state index is 12.8. The number of hydrogen-bond acceptors (Lipinski definition) is 5. The molecule has 4 aromatic rings. The van der Waals surface area contributed by atoms with Gasteiger partial charge in [0.15, 0.2) is 0 Å². The van der Waals surface area contributed by atoms with E-state index < -0.39 is 29.1 Å². The first-order valence-electron chi connectivity index (χ1n) is 17.2. The average Bonchev–Trinajstić information content (AvgIpc) is 3.43. The highest BCUT2D eigenvalue weighted by molar-refractivity contribution is 5.85. The van der Waals surface area contributed by atoms with Crippen LogP contribution in [0.4, 0.5) is 4.79 Å². The third-order valence-electron chi connectivity index (χ3n) is 10.6. The van der Waals surface area contributed by atoms with Crippen LogP contribution in [0, 0.1) is 0 Å². The summed E-state index contributed by atoms with van der Waals surface area (Å²) in [6.07, 6.45) is 4.20. The average molecular weight is 661 g/mol. The second kappa shape index (κ2) is 13.9. The number of aliphatic carboxylic acids is 2. The molecule has 3 aliphatic rings. The number of ether oxygens (including phenoxy) is 1. The summed E-state index contributed by atoms with van der Waals surface area (Å²) < 4.78 is 5.64. The molecule has 2 unspecified atom stereocenters. The molecule has 0 aromatic heterocycles. The number of nitrogens with one attached hydrogen (secondary N) is 1. The Kier molecular flexibility index (Phi) is 9.61. The highest BCUT2D eigenvalue weighted by atomic mass is 16.5. The normalized spacial score (nSPS) is 20.4. The number of benzene rings is 4. The van der Waals surface area contributed by atoms with Gasteiger partial charge in [-0.25, -0.2) is 9.59 Å². The highest BCUT2D eigenvalue weighted by Gasteiger charge is 2.44. The molecule has 0 fully saturated rings. The van der Waals surface area contributed by atoms with Gasteiger partial charge in [-0.3, -0.25) is 4.79 Å². The smallest absolute Gasteiger partial charge is 0.408 e. The Labute approximate surface area is 287 Å². The largest absolute Gasteiger partial charge is 0.480 e.